The first kappa shape index (κ1) is 24.1. The lowest BCUT2D eigenvalue weighted by atomic mass is 10.0. The topological polar surface area (TPSA) is 55.4 Å². The largest absolute Gasteiger partial charge is 0.458 e. The predicted octanol–water partition coefficient (Wildman–Crippen LogP) is 5.74. The van der Waals surface area contributed by atoms with E-state index in [4.69, 9.17) is 4.74 Å². The fourth-order valence-electron chi connectivity index (χ4n) is 3.88. The SMILES string of the molecule is CCCC(C(=O)Nc1c(C)cc(C)cc1C)[P+](C)(C)CC(=O)OCc1ccccc1. The molecule has 0 bridgehead atoms. The highest BCUT2D eigenvalue weighted by Crippen LogP contribution is 2.57. The molecule has 1 atom stereocenters. The Kier molecular flexibility index (Phi) is 8.61. The van der Waals surface area contributed by atoms with Crippen molar-refractivity contribution < 1.29 is 14.3 Å². The molecule has 162 valence electrons. The molecule has 1 amide bonds. The van der Waals surface area contributed by atoms with Crippen molar-refractivity contribution in [1.82, 2.24) is 0 Å². The van der Waals surface area contributed by atoms with Crippen LogP contribution in [0.5, 0.6) is 0 Å². The highest BCUT2D eigenvalue weighted by Gasteiger charge is 2.43. The summed E-state index contributed by atoms with van der Waals surface area (Å²) in [6, 6.07) is 13.8. The molecule has 0 saturated heterocycles. The Labute approximate surface area is 181 Å². The van der Waals surface area contributed by atoms with E-state index >= 15 is 0 Å². The molecular formula is C25H35NO3P+. The normalized spacial score (nSPS) is 12.3. The Hall–Kier alpha value is -2.19. The molecule has 0 radical (unpaired) electrons. The molecule has 0 fully saturated rings. The molecule has 0 saturated carbocycles. The van der Waals surface area contributed by atoms with Crippen LogP contribution in [-0.4, -0.2) is 37.0 Å². The molecule has 2 rings (SSSR count). The molecule has 0 aliphatic heterocycles. The summed E-state index contributed by atoms with van der Waals surface area (Å²) in [5.41, 5.74) is 4.99. The second-order valence-electron chi connectivity index (χ2n) is 8.65. The van der Waals surface area contributed by atoms with Gasteiger partial charge in [-0.1, -0.05) is 61.4 Å². The van der Waals surface area contributed by atoms with E-state index in [2.05, 4.69) is 44.6 Å². The summed E-state index contributed by atoms with van der Waals surface area (Å²) in [6.07, 6.45) is 1.97. The lowest BCUT2D eigenvalue weighted by Crippen LogP contribution is -2.33. The molecule has 0 aliphatic rings. The number of aryl methyl sites for hydroxylation is 3. The van der Waals surface area contributed by atoms with E-state index in [0.717, 1.165) is 35.2 Å². The second-order valence-corrected chi connectivity index (χ2v) is 13.1. The van der Waals surface area contributed by atoms with Crippen LogP contribution in [0, 0.1) is 20.8 Å². The average Bonchev–Trinajstić information content (AvgIpc) is 2.67. The molecule has 0 aromatic heterocycles. The number of ether oxygens (including phenoxy) is 1. The molecule has 1 N–H and O–H groups in total. The molecule has 2 aromatic carbocycles. The van der Waals surface area contributed by atoms with E-state index < -0.39 is 7.26 Å². The molecule has 0 aliphatic carbocycles. The van der Waals surface area contributed by atoms with Gasteiger partial charge in [-0.05, 0) is 43.9 Å². The zero-order chi connectivity index (χ0) is 22.3. The Morgan fingerprint density at radius 2 is 1.63 bits per heavy atom. The zero-order valence-electron chi connectivity index (χ0n) is 19.1. The minimum atomic E-state index is -1.87. The Morgan fingerprint density at radius 3 is 2.20 bits per heavy atom. The van der Waals surface area contributed by atoms with Gasteiger partial charge in [-0.3, -0.25) is 4.79 Å². The Morgan fingerprint density at radius 1 is 1.03 bits per heavy atom. The van der Waals surface area contributed by atoms with Gasteiger partial charge < -0.3 is 10.1 Å². The molecule has 5 heteroatoms. The average molecular weight is 429 g/mol. The van der Waals surface area contributed by atoms with Gasteiger partial charge in [-0.15, -0.1) is 0 Å². The van der Waals surface area contributed by atoms with E-state index in [1.807, 2.05) is 44.2 Å². The number of hydrogen-bond acceptors (Lipinski definition) is 3. The van der Waals surface area contributed by atoms with E-state index in [1.54, 1.807) is 0 Å². The van der Waals surface area contributed by atoms with Crippen molar-refractivity contribution in [3.05, 3.63) is 64.7 Å². The van der Waals surface area contributed by atoms with Crippen LogP contribution in [0.4, 0.5) is 5.69 Å². The number of hydrogen-bond donors (Lipinski definition) is 1. The van der Waals surface area contributed by atoms with Gasteiger partial charge in [0.25, 0.3) is 5.91 Å². The van der Waals surface area contributed by atoms with Crippen LogP contribution in [-0.2, 0) is 20.9 Å². The van der Waals surface area contributed by atoms with E-state index in [1.165, 1.54) is 5.56 Å². The van der Waals surface area contributed by atoms with Gasteiger partial charge in [0.1, 0.15) is 12.3 Å². The van der Waals surface area contributed by atoms with Gasteiger partial charge in [0.05, 0.1) is 0 Å². The van der Waals surface area contributed by atoms with Gasteiger partial charge in [0, 0.05) is 26.3 Å². The van der Waals surface area contributed by atoms with Crippen LogP contribution in [0.25, 0.3) is 0 Å². The Bertz CT molecular complexity index is 854. The quantitative estimate of drug-likeness (QED) is 0.409. The van der Waals surface area contributed by atoms with Crippen molar-refractivity contribution in [3.8, 4) is 0 Å². The first-order chi connectivity index (χ1) is 14.1. The summed E-state index contributed by atoms with van der Waals surface area (Å²) in [5.74, 6) is -0.213. The highest BCUT2D eigenvalue weighted by molar-refractivity contribution is 7.76. The van der Waals surface area contributed by atoms with E-state index in [9.17, 15) is 9.59 Å². The summed E-state index contributed by atoms with van der Waals surface area (Å²) in [6.45, 7) is 12.6. The number of benzene rings is 2. The van der Waals surface area contributed by atoms with Gasteiger partial charge in [-0.2, -0.15) is 0 Å². The summed E-state index contributed by atoms with van der Waals surface area (Å²) in [5, 5.41) is 3.16. The van der Waals surface area contributed by atoms with Crippen LogP contribution >= 0.6 is 7.26 Å². The molecular weight excluding hydrogens is 393 g/mol. The standard InChI is InChI=1S/C25H34NO3P/c1-7-11-22(25(28)26-24-19(3)14-18(2)15-20(24)4)30(5,6)17-23(27)29-16-21-12-9-8-10-13-21/h8-10,12-15,22H,7,11,16-17H2,1-6H3/p+1. The molecule has 0 heterocycles. The third-order valence-corrected chi connectivity index (χ3v) is 8.67. The first-order valence-electron chi connectivity index (χ1n) is 10.5. The van der Waals surface area contributed by atoms with Gasteiger partial charge in [-0.25, -0.2) is 4.79 Å². The lowest BCUT2D eigenvalue weighted by molar-refractivity contribution is -0.141. The smallest absolute Gasteiger partial charge is 0.344 e. The molecule has 0 spiro atoms. The van der Waals surface area contributed by atoms with Crippen molar-refractivity contribution in [3.63, 3.8) is 0 Å². The number of anilines is 1. The van der Waals surface area contributed by atoms with E-state index in [0.29, 0.717) is 6.16 Å². The van der Waals surface area contributed by atoms with E-state index in [-0.39, 0.29) is 24.1 Å². The van der Waals surface area contributed by atoms with Crippen molar-refractivity contribution in [1.29, 1.82) is 0 Å². The number of amides is 1. The predicted molar refractivity (Wildman–Crippen MR) is 128 cm³/mol. The molecule has 1 unspecified atom stereocenters. The maximum atomic E-state index is 13.3. The maximum absolute atomic E-state index is 13.3. The Balaban J connectivity index is 2.08. The zero-order valence-corrected chi connectivity index (χ0v) is 20.0. The van der Waals surface area contributed by atoms with Crippen LogP contribution < -0.4 is 5.32 Å². The van der Waals surface area contributed by atoms with Gasteiger partial charge >= 0.3 is 5.97 Å². The molecule has 4 nitrogen and oxygen atoms in total. The van der Waals surface area contributed by atoms with Crippen molar-refractivity contribution in [2.45, 2.75) is 52.8 Å². The number of carbonyl (C=O) groups excluding carboxylic acids is 2. The third-order valence-electron chi connectivity index (χ3n) is 5.41. The van der Waals surface area contributed by atoms with Crippen LogP contribution in [0.15, 0.2) is 42.5 Å². The minimum absolute atomic E-state index is 0.0149. The van der Waals surface area contributed by atoms with Crippen LogP contribution in [0.2, 0.25) is 0 Å². The maximum Gasteiger partial charge on any atom is 0.344 e. The minimum Gasteiger partial charge on any atom is -0.458 e. The second kappa shape index (κ2) is 10.7. The summed E-state index contributed by atoms with van der Waals surface area (Å²) < 4.78 is 5.50. The fraction of sp³-hybridized carbons (Fsp3) is 0.440. The van der Waals surface area contributed by atoms with Gasteiger partial charge in [0.2, 0.25) is 0 Å². The van der Waals surface area contributed by atoms with Crippen molar-refractivity contribution in [2.24, 2.45) is 0 Å². The fourth-order valence-corrected chi connectivity index (χ4v) is 6.52. The number of esters is 1. The number of carbonyl (C=O) groups is 2. The van der Waals surface area contributed by atoms with Crippen molar-refractivity contribution in [2.75, 3.05) is 24.8 Å². The summed E-state index contributed by atoms with van der Waals surface area (Å²) in [7, 11) is -1.87. The first-order valence-corrected chi connectivity index (χ1v) is 13.5. The summed E-state index contributed by atoms with van der Waals surface area (Å²) >= 11 is 0. The highest BCUT2D eigenvalue weighted by atomic mass is 31.2. The van der Waals surface area contributed by atoms with Crippen LogP contribution in [0.1, 0.15) is 42.0 Å². The summed E-state index contributed by atoms with van der Waals surface area (Å²) in [4.78, 5) is 25.8. The van der Waals surface area contributed by atoms with Crippen molar-refractivity contribution >= 4 is 24.8 Å². The number of nitrogens with one attached hydrogen (secondary N) is 1. The lowest BCUT2D eigenvalue weighted by Gasteiger charge is -2.27. The monoisotopic (exact) mass is 428 g/mol. The molecule has 30 heavy (non-hydrogen) atoms. The molecule has 2 aromatic rings. The van der Waals surface area contributed by atoms with Crippen LogP contribution in [0.3, 0.4) is 0 Å². The van der Waals surface area contributed by atoms with Gasteiger partial charge in [0.15, 0.2) is 6.16 Å². The third kappa shape index (κ3) is 6.67. The number of rotatable bonds is 9.